The lowest BCUT2D eigenvalue weighted by atomic mass is 10.1. The Morgan fingerprint density at radius 1 is 1.29 bits per heavy atom. The third-order valence-corrected chi connectivity index (χ3v) is 5.12. The van der Waals surface area contributed by atoms with Crippen molar-refractivity contribution in [2.24, 2.45) is 0 Å². The molecule has 1 aliphatic rings. The summed E-state index contributed by atoms with van der Waals surface area (Å²) in [4.78, 5) is 15.2. The topological polar surface area (TPSA) is 103 Å². The van der Waals surface area contributed by atoms with E-state index in [-0.39, 0.29) is 10.7 Å². The molecule has 1 unspecified atom stereocenters. The number of rotatable bonds is 4. The maximum atomic E-state index is 11.3. The van der Waals surface area contributed by atoms with Gasteiger partial charge < -0.3 is 10.1 Å². The van der Waals surface area contributed by atoms with Crippen molar-refractivity contribution in [3.8, 4) is 17.1 Å². The molecule has 0 amide bonds. The summed E-state index contributed by atoms with van der Waals surface area (Å²) in [5.41, 5.74) is 2.41. The number of hydrogen-bond acceptors (Lipinski definition) is 8. The molecule has 0 spiro atoms. The summed E-state index contributed by atoms with van der Waals surface area (Å²) in [5.74, 6) is 1.10. The molecule has 0 bridgehead atoms. The number of thioether (sulfide) groups is 1. The molecule has 0 radical (unpaired) electrons. The van der Waals surface area contributed by atoms with Gasteiger partial charge in [0.05, 0.1) is 4.92 Å². The van der Waals surface area contributed by atoms with Gasteiger partial charge in [-0.2, -0.15) is 4.98 Å². The molecule has 142 valence electrons. The van der Waals surface area contributed by atoms with E-state index in [1.165, 1.54) is 23.9 Å². The maximum Gasteiger partial charge on any atom is 0.288 e. The number of aromatic nitrogens is 3. The molecule has 0 saturated heterocycles. The van der Waals surface area contributed by atoms with Crippen LogP contribution in [0.4, 0.5) is 11.4 Å². The van der Waals surface area contributed by atoms with Gasteiger partial charge >= 0.3 is 0 Å². The van der Waals surface area contributed by atoms with Crippen molar-refractivity contribution in [3.63, 3.8) is 0 Å². The van der Waals surface area contributed by atoms with Crippen LogP contribution in [0.5, 0.6) is 5.88 Å². The van der Waals surface area contributed by atoms with E-state index in [4.69, 9.17) is 16.3 Å². The van der Waals surface area contributed by atoms with Gasteiger partial charge in [-0.1, -0.05) is 54.6 Å². The van der Waals surface area contributed by atoms with E-state index in [2.05, 4.69) is 20.5 Å². The molecule has 10 heteroatoms. The van der Waals surface area contributed by atoms with Gasteiger partial charge in [-0.25, -0.2) is 0 Å². The number of hydrogen-bond donors (Lipinski definition) is 1. The molecular weight excluding hydrogens is 402 g/mol. The van der Waals surface area contributed by atoms with Gasteiger partial charge in [0.15, 0.2) is 11.9 Å². The van der Waals surface area contributed by atoms with E-state index < -0.39 is 11.2 Å². The highest BCUT2D eigenvalue weighted by Gasteiger charge is 2.27. The third-order valence-electron chi connectivity index (χ3n) is 4.08. The number of benzene rings is 2. The van der Waals surface area contributed by atoms with Crippen molar-refractivity contribution in [2.75, 3.05) is 11.1 Å². The van der Waals surface area contributed by atoms with E-state index in [1.54, 1.807) is 6.07 Å². The van der Waals surface area contributed by atoms with Crippen molar-refractivity contribution in [2.45, 2.75) is 18.3 Å². The first-order valence-electron chi connectivity index (χ1n) is 8.40. The molecule has 1 N–H and O–H groups in total. The minimum atomic E-state index is -0.713. The van der Waals surface area contributed by atoms with Crippen LogP contribution in [0.25, 0.3) is 11.3 Å². The first kappa shape index (κ1) is 18.5. The van der Waals surface area contributed by atoms with Gasteiger partial charge in [0.1, 0.15) is 5.02 Å². The Morgan fingerprint density at radius 2 is 2.11 bits per heavy atom. The van der Waals surface area contributed by atoms with E-state index in [1.807, 2.05) is 31.2 Å². The number of para-hydroxylation sites is 1. The second kappa shape index (κ2) is 7.61. The highest BCUT2D eigenvalue weighted by atomic mass is 35.5. The first-order chi connectivity index (χ1) is 13.6. The molecule has 2 heterocycles. The number of fused-ring (bicyclic) bond motifs is 3. The van der Waals surface area contributed by atoms with Gasteiger partial charge in [-0.15, -0.1) is 10.2 Å². The van der Waals surface area contributed by atoms with E-state index in [0.717, 1.165) is 17.0 Å². The molecular formula is C18H14ClN5O3S. The van der Waals surface area contributed by atoms with E-state index >= 15 is 0 Å². The first-order valence-corrected chi connectivity index (χ1v) is 9.77. The molecule has 2 aromatic carbocycles. The van der Waals surface area contributed by atoms with Gasteiger partial charge in [-0.05, 0) is 17.9 Å². The molecule has 1 atom stereocenters. The van der Waals surface area contributed by atoms with Crippen LogP contribution in [0.2, 0.25) is 5.02 Å². The predicted octanol–water partition coefficient (Wildman–Crippen LogP) is 4.72. The zero-order chi connectivity index (χ0) is 19.7. The van der Waals surface area contributed by atoms with Gasteiger partial charge in [0.25, 0.3) is 5.69 Å². The van der Waals surface area contributed by atoms with Crippen molar-refractivity contribution < 1.29 is 9.66 Å². The third kappa shape index (κ3) is 3.46. The Bertz CT molecular complexity index is 1070. The van der Waals surface area contributed by atoms with Crippen molar-refractivity contribution >= 4 is 34.7 Å². The monoisotopic (exact) mass is 415 g/mol. The standard InChI is InChI=1S/C18H14ClN5O3S/c1-2-28-18-21-17-15(22-23-18)11-5-3-4-6-13(11)20-16(27-17)10-7-8-12(19)14(9-10)24(25)26/h3-9,16,20H,2H2,1H3. The average molecular weight is 416 g/mol. The summed E-state index contributed by atoms with van der Waals surface area (Å²) in [7, 11) is 0. The Balaban J connectivity index is 1.83. The van der Waals surface area contributed by atoms with Crippen molar-refractivity contribution in [1.82, 2.24) is 15.2 Å². The van der Waals surface area contributed by atoms with Gasteiger partial charge in [0.2, 0.25) is 11.0 Å². The minimum absolute atomic E-state index is 0.0637. The molecule has 8 nitrogen and oxygen atoms in total. The fourth-order valence-corrected chi connectivity index (χ4v) is 3.51. The fourth-order valence-electron chi connectivity index (χ4n) is 2.82. The predicted molar refractivity (Wildman–Crippen MR) is 107 cm³/mol. The number of halogens is 1. The molecule has 4 rings (SSSR count). The fraction of sp³-hybridized carbons (Fsp3) is 0.167. The zero-order valence-electron chi connectivity index (χ0n) is 14.6. The number of ether oxygens (including phenoxy) is 1. The zero-order valence-corrected chi connectivity index (χ0v) is 16.2. The summed E-state index contributed by atoms with van der Waals surface area (Å²) >= 11 is 7.39. The molecule has 1 aliphatic heterocycles. The second-order valence-corrected chi connectivity index (χ2v) is 7.48. The lowest BCUT2D eigenvalue weighted by molar-refractivity contribution is -0.384. The van der Waals surface area contributed by atoms with Crippen LogP contribution in [0, 0.1) is 10.1 Å². The Hall–Kier alpha value is -2.91. The maximum absolute atomic E-state index is 11.3. The summed E-state index contributed by atoms with van der Waals surface area (Å²) in [6, 6.07) is 12.1. The molecule has 28 heavy (non-hydrogen) atoms. The van der Waals surface area contributed by atoms with Crippen LogP contribution >= 0.6 is 23.4 Å². The largest absolute Gasteiger partial charge is 0.448 e. The molecule has 0 saturated carbocycles. The van der Waals surface area contributed by atoms with Crippen LogP contribution in [0.15, 0.2) is 47.6 Å². The van der Waals surface area contributed by atoms with Gasteiger partial charge in [-0.3, -0.25) is 10.1 Å². The number of nitrogens with zero attached hydrogens (tertiary/aromatic N) is 4. The van der Waals surface area contributed by atoms with Crippen LogP contribution < -0.4 is 10.1 Å². The number of nitro benzene ring substituents is 1. The highest BCUT2D eigenvalue weighted by Crippen LogP contribution is 2.40. The van der Waals surface area contributed by atoms with Crippen molar-refractivity contribution in [3.05, 3.63) is 63.2 Å². The Morgan fingerprint density at radius 3 is 2.89 bits per heavy atom. The Labute approximate surface area is 169 Å². The lowest BCUT2D eigenvalue weighted by Crippen LogP contribution is -2.17. The van der Waals surface area contributed by atoms with Crippen LogP contribution in [-0.4, -0.2) is 25.9 Å². The molecule has 3 aromatic rings. The molecule has 1 aromatic heterocycles. The van der Waals surface area contributed by atoms with Gasteiger partial charge in [0, 0.05) is 22.9 Å². The van der Waals surface area contributed by atoms with Crippen LogP contribution in [0.1, 0.15) is 18.7 Å². The summed E-state index contributed by atoms with van der Waals surface area (Å²) in [5, 5.41) is 23.5. The van der Waals surface area contributed by atoms with Crippen LogP contribution in [-0.2, 0) is 0 Å². The quantitative estimate of drug-likeness (QED) is 0.371. The highest BCUT2D eigenvalue weighted by molar-refractivity contribution is 7.99. The van der Waals surface area contributed by atoms with E-state index in [0.29, 0.717) is 22.3 Å². The number of anilines is 1. The summed E-state index contributed by atoms with van der Waals surface area (Å²) in [6.45, 7) is 1.99. The summed E-state index contributed by atoms with van der Waals surface area (Å²) in [6.07, 6.45) is -0.713. The van der Waals surface area contributed by atoms with E-state index in [9.17, 15) is 10.1 Å². The van der Waals surface area contributed by atoms with Crippen LogP contribution in [0.3, 0.4) is 0 Å². The summed E-state index contributed by atoms with van der Waals surface area (Å²) < 4.78 is 6.08. The Kier molecular flexibility index (Phi) is 5.01. The number of nitrogens with one attached hydrogen (secondary N) is 1. The molecule has 0 aliphatic carbocycles. The average Bonchev–Trinajstić information content (AvgIpc) is 2.85. The SMILES string of the molecule is CCSc1nnc2c(n1)OC(c1ccc(Cl)c([N+](=O)[O-])c1)Nc1ccccc1-2. The number of nitro groups is 1. The lowest BCUT2D eigenvalue weighted by Gasteiger charge is -2.19. The second-order valence-electron chi connectivity index (χ2n) is 5.84. The van der Waals surface area contributed by atoms with Crippen molar-refractivity contribution in [1.29, 1.82) is 0 Å². The normalized spacial score (nSPS) is 14.9. The molecule has 0 fully saturated rings. The smallest absolute Gasteiger partial charge is 0.288 e. The minimum Gasteiger partial charge on any atom is -0.448 e.